The van der Waals surface area contributed by atoms with Crippen LogP contribution in [0.5, 0.6) is 5.75 Å². The van der Waals surface area contributed by atoms with Gasteiger partial charge in [-0.2, -0.15) is 0 Å². The number of benzene rings is 1. The number of esters is 1. The molecule has 2 aromatic rings. The monoisotopic (exact) mass is 262 g/mol. The van der Waals surface area contributed by atoms with Gasteiger partial charge in [0.25, 0.3) is 0 Å². The van der Waals surface area contributed by atoms with Crippen LogP contribution in [-0.2, 0) is 10.2 Å². The first kappa shape index (κ1) is 13.5. The Balaban J connectivity index is 2.79. The van der Waals surface area contributed by atoms with E-state index < -0.39 is 5.97 Å². The molecule has 0 bridgehead atoms. The minimum atomic E-state index is -0.392. The van der Waals surface area contributed by atoms with Crippen LogP contribution in [0.25, 0.3) is 11.0 Å². The highest BCUT2D eigenvalue weighted by Gasteiger charge is 2.29. The van der Waals surface area contributed by atoms with Crippen molar-refractivity contribution in [1.29, 1.82) is 0 Å². The molecule has 102 valence electrons. The maximum absolute atomic E-state index is 12.0. The average Bonchev–Trinajstić information content (AvgIpc) is 2.75. The Bertz CT molecular complexity index is 617. The van der Waals surface area contributed by atoms with Crippen LogP contribution in [0.2, 0.25) is 0 Å². The number of hydrogen-bond donors (Lipinski definition) is 0. The molecule has 1 aromatic heterocycles. The molecule has 4 nitrogen and oxygen atoms in total. The van der Waals surface area contributed by atoms with E-state index in [1.54, 1.807) is 25.3 Å². The van der Waals surface area contributed by atoms with E-state index >= 15 is 0 Å². The van der Waals surface area contributed by atoms with Gasteiger partial charge in [-0.3, -0.25) is 0 Å². The lowest BCUT2D eigenvalue weighted by atomic mass is 9.89. The molecule has 0 spiro atoms. The molecule has 0 fully saturated rings. The maximum Gasteiger partial charge on any atom is 0.342 e. The predicted octanol–water partition coefficient (Wildman–Crippen LogP) is 3.53. The summed E-state index contributed by atoms with van der Waals surface area (Å²) in [6.07, 6.45) is 0. The lowest BCUT2D eigenvalue weighted by molar-refractivity contribution is 0.0598. The molecular formula is C15H18O4. The molecular weight excluding hydrogens is 244 g/mol. The van der Waals surface area contributed by atoms with Gasteiger partial charge < -0.3 is 13.9 Å². The van der Waals surface area contributed by atoms with Crippen molar-refractivity contribution in [3.8, 4) is 5.75 Å². The fourth-order valence-electron chi connectivity index (χ4n) is 2.04. The second-order valence-corrected chi connectivity index (χ2v) is 5.41. The highest BCUT2D eigenvalue weighted by molar-refractivity contribution is 6.05. The van der Waals surface area contributed by atoms with Crippen LogP contribution in [0.1, 0.15) is 36.9 Å². The molecule has 0 unspecified atom stereocenters. The number of fused-ring (bicyclic) bond motifs is 1. The van der Waals surface area contributed by atoms with Gasteiger partial charge in [0, 0.05) is 10.8 Å². The van der Waals surface area contributed by atoms with Crippen LogP contribution in [0, 0.1) is 0 Å². The summed E-state index contributed by atoms with van der Waals surface area (Å²) in [5, 5.41) is 0.719. The van der Waals surface area contributed by atoms with Crippen LogP contribution in [0.3, 0.4) is 0 Å². The third kappa shape index (κ3) is 2.30. The Kier molecular flexibility index (Phi) is 3.27. The fourth-order valence-corrected chi connectivity index (χ4v) is 2.04. The quantitative estimate of drug-likeness (QED) is 0.777. The zero-order valence-corrected chi connectivity index (χ0v) is 11.9. The number of carbonyl (C=O) groups excluding carboxylic acids is 1. The Morgan fingerprint density at radius 3 is 2.42 bits per heavy atom. The lowest BCUT2D eigenvalue weighted by Crippen LogP contribution is -2.15. The SMILES string of the molecule is COC(=O)c1c(C(C)(C)C)oc2ccc(OC)cc12. The Hall–Kier alpha value is -1.97. The van der Waals surface area contributed by atoms with E-state index in [0.29, 0.717) is 22.7 Å². The molecule has 2 rings (SSSR count). The van der Waals surface area contributed by atoms with Gasteiger partial charge in [-0.15, -0.1) is 0 Å². The molecule has 0 aliphatic heterocycles. The van der Waals surface area contributed by atoms with Gasteiger partial charge in [-0.1, -0.05) is 20.8 Å². The van der Waals surface area contributed by atoms with E-state index in [9.17, 15) is 4.79 Å². The van der Waals surface area contributed by atoms with Crippen molar-refractivity contribution in [3.05, 3.63) is 29.5 Å². The van der Waals surface area contributed by atoms with Crippen molar-refractivity contribution in [3.63, 3.8) is 0 Å². The van der Waals surface area contributed by atoms with Crippen LogP contribution in [0.15, 0.2) is 22.6 Å². The van der Waals surface area contributed by atoms with Crippen LogP contribution >= 0.6 is 0 Å². The van der Waals surface area contributed by atoms with Gasteiger partial charge in [-0.05, 0) is 18.2 Å². The fraction of sp³-hybridized carbons (Fsp3) is 0.400. The minimum absolute atomic E-state index is 0.282. The van der Waals surface area contributed by atoms with Gasteiger partial charge in [0.15, 0.2) is 0 Å². The van der Waals surface area contributed by atoms with E-state index in [1.165, 1.54) is 7.11 Å². The molecule has 0 saturated carbocycles. The number of methoxy groups -OCH3 is 2. The van der Waals surface area contributed by atoms with Crippen LogP contribution in [-0.4, -0.2) is 20.2 Å². The number of furan rings is 1. The molecule has 1 aromatic carbocycles. The van der Waals surface area contributed by atoms with Gasteiger partial charge >= 0.3 is 5.97 Å². The van der Waals surface area contributed by atoms with E-state index in [-0.39, 0.29) is 5.41 Å². The summed E-state index contributed by atoms with van der Waals surface area (Å²) in [4.78, 5) is 12.0. The highest BCUT2D eigenvalue weighted by Crippen LogP contribution is 2.36. The molecule has 0 saturated heterocycles. The van der Waals surface area contributed by atoms with Crippen molar-refractivity contribution in [2.75, 3.05) is 14.2 Å². The Labute approximate surface area is 112 Å². The molecule has 0 amide bonds. The van der Waals surface area contributed by atoms with E-state index in [0.717, 1.165) is 5.39 Å². The van der Waals surface area contributed by atoms with Gasteiger partial charge in [0.05, 0.1) is 14.2 Å². The highest BCUT2D eigenvalue weighted by atomic mass is 16.5. The largest absolute Gasteiger partial charge is 0.497 e. The van der Waals surface area contributed by atoms with E-state index in [2.05, 4.69) is 0 Å². The van der Waals surface area contributed by atoms with Crippen molar-refractivity contribution in [2.45, 2.75) is 26.2 Å². The number of carbonyl (C=O) groups is 1. The third-order valence-electron chi connectivity index (χ3n) is 2.97. The summed E-state index contributed by atoms with van der Waals surface area (Å²) < 4.78 is 15.9. The maximum atomic E-state index is 12.0. The van der Waals surface area contributed by atoms with Crippen molar-refractivity contribution in [2.24, 2.45) is 0 Å². The number of rotatable bonds is 2. The second-order valence-electron chi connectivity index (χ2n) is 5.41. The summed E-state index contributed by atoms with van der Waals surface area (Å²) in [5.74, 6) is 0.915. The summed E-state index contributed by atoms with van der Waals surface area (Å²) >= 11 is 0. The molecule has 4 heteroatoms. The second kappa shape index (κ2) is 4.61. The van der Waals surface area contributed by atoms with E-state index in [4.69, 9.17) is 13.9 Å². The average molecular weight is 262 g/mol. The first-order valence-electron chi connectivity index (χ1n) is 6.08. The standard InChI is InChI=1S/C15H18O4/c1-15(2,3)13-12(14(16)18-5)10-8-9(17-4)6-7-11(10)19-13/h6-8H,1-5H3. The molecule has 0 N–H and O–H groups in total. The van der Waals surface area contributed by atoms with Crippen LogP contribution < -0.4 is 4.74 Å². The molecule has 19 heavy (non-hydrogen) atoms. The van der Waals surface area contributed by atoms with Gasteiger partial charge in [0.1, 0.15) is 22.7 Å². The Morgan fingerprint density at radius 2 is 1.89 bits per heavy atom. The first-order chi connectivity index (χ1) is 8.88. The van der Waals surface area contributed by atoms with E-state index in [1.807, 2.05) is 20.8 Å². The normalized spacial score (nSPS) is 11.6. The van der Waals surface area contributed by atoms with Gasteiger partial charge in [0.2, 0.25) is 0 Å². The molecule has 0 atom stereocenters. The summed E-state index contributed by atoms with van der Waals surface area (Å²) in [6, 6.07) is 5.40. The third-order valence-corrected chi connectivity index (χ3v) is 2.97. The molecule has 0 aliphatic rings. The zero-order valence-electron chi connectivity index (χ0n) is 11.9. The lowest BCUT2D eigenvalue weighted by Gasteiger charge is -2.16. The first-order valence-corrected chi connectivity index (χ1v) is 6.08. The zero-order chi connectivity index (χ0) is 14.2. The van der Waals surface area contributed by atoms with Crippen molar-refractivity contribution >= 4 is 16.9 Å². The molecule has 0 aliphatic carbocycles. The number of ether oxygens (including phenoxy) is 2. The van der Waals surface area contributed by atoms with Crippen molar-refractivity contribution < 1.29 is 18.7 Å². The molecule has 1 heterocycles. The smallest absolute Gasteiger partial charge is 0.342 e. The minimum Gasteiger partial charge on any atom is -0.497 e. The summed E-state index contributed by atoms with van der Waals surface area (Å²) in [6.45, 7) is 5.98. The Morgan fingerprint density at radius 1 is 1.21 bits per heavy atom. The van der Waals surface area contributed by atoms with Gasteiger partial charge in [-0.25, -0.2) is 4.79 Å². The summed E-state index contributed by atoms with van der Waals surface area (Å²) in [5.41, 5.74) is 0.852. The van der Waals surface area contributed by atoms with Crippen LogP contribution in [0.4, 0.5) is 0 Å². The molecule has 0 radical (unpaired) electrons. The van der Waals surface area contributed by atoms with Crippen molar-refractivity contribution in [1.82, 2.24) is 0 Å². The topological polar surface area (TPSA) is 48.7 Å². The summed E-state index contributed by atoms with van der Waals surface area (Å²) in [7, 11) is 2.96. The predicted molar refractivity (Wildman–Crippen MR) is 72.8 cm³/mol. The number of hydrogen-bond acceptors (Lipinski definition) is 4.